The molecule has 0 unspecified atom stereocenters. The lowest BCUT2D eigenvalue weighted by atomic mass is 9.99. The number of nitrogens with zero attached hydrogens (tertiary/aromatic N) is 4. The normalized spacial score (nSPS) is 18.6. The number of carbonyl (C=O) groups excluding carboxylic acids is 1. The Bertz CT molecular complexity index is 1130. The van der Waals surface area contributed by atoms with Crippen molar-refractivity contribution in [3.8, 4) is 11.4 Å². The second-order valence-corrected chi connectivity index (χ2v) is 7.86. The molecule has 0 radical (unpaired) electrons. The molecule has 2 atom stereocenters. The Morgan fingerprint density at radius 1 is 1.09 bits per heavy atom. The minimum atomic E-state index is -0.833. The fourth-order valence-electron chi connectivity index (χ4n) is 3.94. The van der Waals surface area contributed by atoms with Crippen molar-refractivity contribution in [1.29, 1.82) is 0 Å². The Morgan fingerprint density at radius 3 is 2.47 bits per heavy atom. The van der Waals surface area contributed by atoms with E-state index in [-0.39, 0.29) is 35.7 Å². The molecule has 0 aliphatic carbocycles. The summed E-state index contributed by atoms with van der Waals surface area (Å²) in [4.78, 5) is 27.3. The number of hydrogen-bond acceptors (Lipinski definition) is 8. The van der Waals surface area contributed by atoms with Crippen LogP contribution in [0.2, 0.25) is 0 Å². The molecule has 1 aliphatic heterocycles. The van der Waals surface area contributed by atoms with Crippen LogP contribution in [0.4, 0.5) is 20.2 Å². The fraction of sp³-hybridized carbons (Fsp3) is 0.273. The molecule has 3 aromatic rings. The molecule has 1 saturated heterocycles. The van der Waals surface area contributed by atoms with E-state index >= 15 is 0 Å². The van der Waals surface area contributed by atoms with E-state index in [0.29, 0.717) is 18.7 Å². The zero-order valence-electron chi connectivity index (χ0n) is 17.2. The van der Waals surface area contributed by atoms with Gasteiger partial charge in [0.2, 0.25) is 0 Å². The van der Waals surface area contributed by atoms with Gasteiger partial charge in [0.05, 0.1) is 17.4 Å². The van der Waals surface area contributed by atoms with E-state index in [4.69, 9.17) is 17.2 Å². The Labute approximate surface area is 183 Å². The SMILES string of the molecule is Nc1cnc(-c2c(F)cccc2F)nc1C(=O)Cc1cnccc1N1C[C@H](N)C[C@H](N)C1. The van der Waals surface area contributed by atoms with E-state index in [0.717, 1.165) is 24.2 Å². The molecule has 0 saturated carbocycles. The molecule has 0 amide bonds. The summed E-state index contributed by atoms with van der Waals surface area (Å²) in [6, 6.07) is 5.07. The first-order valence-corrected chi connectivity index (χ1v) is 10.1. The number of pyridine rings is 1. The number of hydrogen-bond donors (Lipinski definition) is 3. The highest BCUT2D eigenvalue weighted by atomic mass is 19.1. The van der Waals surface area contributed by atoms with E-state index in [9.17, 15) is 13.6 Å². The monoisotopic (exact) mass is 439 g/mol. The van der Waals surface area contributed by atoms with Gasteiger partial charge in [0.25, 0.3) is 0 Å². The van der Waals surface area contributed by atoms with Gasteiger partial charge in [-0.2, -0.15) is 0 Å². The van der Waals surface area contributed by atoms with Gasteiger partial charge >= 0.3 is 0 Å². The Morgan fingerprint density at radius 2 is 1.78 bits per heavy atom. The van der Waals surface area contributed by atoms with Gasteiger partial charge in [-0.1, -0.05) is 6.07 Å². The van der Waals surface area contributed by atoms with E-state index in [1.165, 1.54) is 12.3 Å². The summed E-state index contributed by atoms with van der Waals surface area (Å²) in [6.45, 7) is 1.20. The van der Waals surface area contributed by atoms with E-state index in [1.807, 2.05) is 4.90 Å². The number of anilines is 2. The van der Waals surface area contributed by atoms with Crippen LogP contribution in [0.3, 0.4) is 0 Å². The lowest BCUT2D eigenvalue weighted by Crippen LogP contribution is -2.52. The third kappa shape index (κ3) is 4.41. The van der Waals surface area contributed by atoms with Crippen molar-refractivity contribution in [2.45, 2.75) is 24.9 Å². The number of halogens is 2. The summed E-state index contributed by atoms with van der Waals surface area (Å²) in [5.41, 5.74) is 19.1. The van der Waals surface area contributed by atoms with Crippen molar-refractivity contribution >= 4 is 17.2 Å². The van der Waals surface area contributed by atoms with Gasteiger partial charge in [-0.15, -0.1) is 0 Å². The summed E-state index contributed by atoms with van der Waals surface area (Å²) >= 11 is 0. The topological polar surface area (TPSA) is 137 Å². The van der Waals surface area contributed by atoms with Crippen LogP contribution in [0.5, 0.6) is 0 Å². The summed E-state index contributed by atoms with van der Waals surface area (Å²) < 4.78 is 28.3. The summed E-state index contributed by atoms with van der Waals surface area (Å²) in [5, 5.41) is 0. The minimum absolute atomic E-state index is 0.0166. The second-order valence-electron chi connectivity index (χ2n) is 7.86. The van der Waals surface area contributed by atoms with Crippen LogP contribution < -0.4 is 22.1 Å². The molecule has 3 heterocycles. The van der Waals surface area contributed by atoms with Crippen LogP contribution in [0.15, 0.2) is 42.9 Å². The lowest BCUT2D eigenvalue weighted by Gasteiger charge is -2.37. The Kier molecular flexibility index (Phi) is 6.06. The molecule has 32 heavy (non-hydrogen) atoms. The number of nitrogens with two attached hydrogens (primary N) is 3. The van der Waals surface area contributed by atoms with Gasteiger partial charge in [-0.25, -0.2) is 18.7 Å². The molecule has 10 heteroatoms. The third-order valence-electron chi connectivity index (χ3n) is 5.35. The van der Waals surface area contributed by atoms with Crippen LogP contribution in [-0.2, 0) is 6.42 Å². The third-order valence-corrected chi connectivity index (χ3v) is 5.35. The molecule has 0 bridgehead atoms. The van der Waals surface area contributed by atoms with E-state index in [2.05, 4.69) is 15.0 Å². The molecule has 2 aromatic heterocycles. The predicted octanol–water partition coefficient (Wildman–Crippen LogP) is 1.69. The van der Waals surface area contributed by atoms with Crippen molar-refractivity contribution in [1.82, 2.24) is 15.0 Å². The molecule has 8 nitrogen and oxygen atoms in total. The van der Waals surface area contributed by atoms with Crippen molar-refractivity contribution < 1.29 is 13.6 Å². The number of aromatic nitrogens is 3. The van der Waals surface area contributed by atoms with Gasteiger partial charge < -0.3 is 22.1 Å². The maximum Gasteiger partial charge on any atom is 0.187 e. The quantitative estimate of drug-likeness (QED) is 0.511. The first-order valence-electron chi connectivity index (χ1n) is 10.1. The van der Waals surface area contributed by atoms with Gasteiger partial charge in [-0.05, 0) is 24.6 Å². The highest BCUT2D eigenvalue weighted by molar-refractivity contribution is 6.00. The van der Waals surface area contributed by atoms with Gasteiger partial charge in [0.1, 0.15) is 17.3 Å². The van der Waals surface area contributed by atoms with Crippen LogP contribution in [0.1, 0.15) is 22.5 Å². The maximum absolute atomic E-state index is 14.2. The minimum Gasteiger partial charge on any atom is -0.396 e. The number of ketones is 1. The maximum atomic E-state index is 14.2. The first kappa shape index (κ1) is 21.7. The molecule has 1 aliphatic rings. The molecular weight excluding hydrogens is 416 g/mol. The fourth-order valence-corrected chi connectivity index (χ4v) is 3.94. The summed E-state index contributed by atoms with van der Waals surface area (Å²) in [6.07, 6.45) is 5.06. The van der Waals surface area contributed by atoms with Crippen LogP contribution in [0.25, 0.3) is 11.4 Å². The highest BCUT2D eigenvalue weighted by Gasteiger charge is 2.26. The van der Waals surface area contributed by atoms with Crippen molar-refractivity contribution in [2.24, 2.45) is 11.5 Å². The molecule has 166 valence electrons. The standard InChI is InChI=1S/C22H23F2N7O/c23-15-2-1-3-16(24)20(15)22-29-9-17(27)21(30-22)19(32)6-12-8-28-5-4-18(12)31-10-13(25)7-14(26)11-31/h1-5,8-9,13-14H,6-7,10-11,25-27H2/t13-,14+. The Hall–Kier alpha value is -3.50. The number of carbonyl (C=O) groups is 1. The number of Topliss-reactive ketones (excluding diaryl/α,β-unsaturated/α-hetero) is 1. The summed E-state index contributed by atoms with van der Waals surface area (Å²) in [7, 11) is 0. The van der Waals surface area contributed by atoms with E-state index < -0.39 is 23.0 Å². The van der Waals surface area contributed by atoms with E-state index in [1.54, 1.807) is 18.5 Å². The number of nitrogen functional groups attached to an aromatic ring is 1. The first-order chi connectivity index (χ1) is 15.3. The molecule has 0 spiro atoms. The molecule has 6 N–H and O–H groups in total. The predicted molar refractivity (Wildman–Crippen MR) is 117 cm³/mol. The van der Waals surface area contributed by atoms with Gasteiger partial charge in [-0.3, -0.25) is 9.78 Å². The van der Waals surface area contributed by atoms with Gasteiger partial charge in [0, 0.05) is 55.2 Å². The zero-order valence-corrected chi connectivity index (χ0v) is 17.2. The highest BCUT2D eigenvalue weighted by Crippen LogP contribution is 2.27. The summed E-state index contributed by atoms with van der Waals surface area (Å²) in [5.74, 6) is -2.35. The Balaban J connectivity index is 1.65. The van der Waals surface area contributed by atoms with Crippen molar-refractivity contribution in [2.75, 3.05) is 23.7 Å². The average molecular weight is 439 g/mol. The largest absolute Gasteiger partial charge is 0.396 e. The molecule has 1 aromatic carbocycles. The smallest absolute Gasteiger partial charge is 0.187 e. The lowest BCUT2D eigenvalue weighted by molar-refractivity contribution is 0.0989. The second kappa shape index (κ2) is 8.93. The van der Waals surface area contributed by atoms with Crippen LogP contribution >= 0.6 is 0 Å². The molecule has 1 fully saturated rings. The van der Waals surface area contributed by atoms with Gasteiger partial charge in [0.15, 0.2) is 11.6 Å². The zero-order chi connectivity index (χ0) is 22.8. The number of piperidine rings is 1. The number of rotatable bonds is 5. The molecular formula is C22H23F2N7O. The van der Waals surface area contributed by atoms with Crippen LogP contribution in [-0.4, -0.2) is 45.9 Å². The van der Waals surface area contributed by atoms with Crippen LogP contribution in [0, 0.1) is 11.6 Å². The average Bonchev–Trinajstić information content (AvgIpc) is 2.74. The van der Waals surface area contributed by atoms with Crippen molar-refractivity contribution in [3.05, 3.63) is 65.7 Å². The number of benzene rings is 1. The molecule has 4 rings (SSSR count). The van der Waals surface area contributed by atoms with Crippen molar-refractivity contribution in [3.63, 3.8) is 0 Å².